The van der Waals surface area contributed by atoms with E-state index < -0.39 is 0 Å². The Balaban J connectivity index is 3.26. The first-order valence-corrected chi connectivity index (χ1v) is 4.81. The zero-order valence-corrected chi connectivity index (χ0v) is 9.60. The molecule has 1 aromatic heterocycles. The van der Waals surface area contributed by atoms with Gasteiger partial charge in [-0.3, -0.25) is 5.10 Å². The second kappa shape index (κ2) is 3.16. The summed E-state index contributed by atoms with van der Waals surface area (Å²) in [6, 6.07) is 0. The highest BCUT2D eigenvalue weighted by Gasteiger charge is 2.28. The van der Waals surface area contributed by atoms with E-state index >= 15 is 0 Å². The van der Waals surface area contributed by atoms with Crippen LogP contribution in [0.2, 0.25) is 0 Å². The molecule has 0 aliphatic carbocycles. The molecule has 0 aliphatic heterocycles. The Kier molecular flexibility index (Phi) is 2.45. The summed E-state index contributed by atoms with van der Waals surface area (Å²) < 4.78 is 0. The van der Waals surface area contributed by atoms with Gasteiger partial charge in [-0.05, 0) is 13.8 Å². The van der Waals surface area contributed by atoms with Crippen LogP contribution in [0.15, 0.2) is 6.20 Å². The highest BCUT2D eigenvalue weighted by molar-refractivity contribution is 5.36. The lowest BCUT2D eigenvalue weighted by Gasteiger charge is -2.24. The van der Waals surface area contributed by atoms with Crippen molar-refractivity contribution in [2.24, 2.45) is 0 Å². The van der Waals surface area contributed by atoms with E-state index in [0.29, 0.717) is 0 Å². The molecule has 0 saturated carbocycles. The maximum absolute atomic E-state index is 5.52. The van der Waals surface area contributed by atoms with Crippen molar-refractivity contribution in [2.75, 3.05) is 0 Å². The van der Waals surface area contributed by atoms with Crippen molar-refractivity contribution in [1.29, 1.82) is 0 Å². The molecule has 0 fully saturated rings. The van der Waals surface area contributed by atoms with Crippen LogP contribution in [0.5, 0.6) is 0 Å². The molecule has 1 aromatic rings. The highest BCUT2D eigenvalue weighted by atomic mass is 15.1. The van der Waals surface area contributed by atoms with Crippen LogP contribution in [0.1, 0.15) is 45.9 Å². The molecule has 14 heavy (non-hydrogen) atoms. The number of aromatic nitrogens is 2. The summed E-state index contributed by atoms with van der Waals surface area (Å²) in [5.41, 5.74) is 2.04. The van der Waals surface area contributed by atoms with E-state index in [1.54, 1.807) is 0 Å². The minimum absolute atomic E-state index is 0.0555. The molecule has 0 unspecified atom stereocenters. The summed E-state index contributed by atoms with van der Waals surface area (Å²) >= 11 is 0. The number of hydrogen-bond acceptors (Lipinski definition) is 1. The molecule has 0 aromatic carbocycles. The van der Waals surface area contributed by atoms with Crippen LogP contribution in [0, 0.1) is 12.3 Å². The van der Waals surface area contributed by atoms with Gasteiger partial charge in [-0.2, -0.15) is 5.10 Å². The standard InChI is InChI=1S/C12H18N2/c1-7-12(5,6)9-8-13-14-10(9)11(2,3)4/h1,8H,2-6H3,(H,13,14). The van der Waals surface area contributed by atoms with E-state index in [1.807, 2.05) is 20.0 Å². The van der Waals surface area contributed by atoms with Crippen molar-refractivity contribution in [3.63, 3.8) is 0 Å². The summed E-state index contributed by atoms with van der Waals surface area (Å²) in [7, 11) is 0. The molecule has 0 amide bonds. The molecule has 1 rings (SSSR count). The Morgan fingerprint density at radius 2 is 1.86 bits per heavy atom. The van der Waals surface area contributed by atoms with Gasteiger partial charge in [-0.1, -0.05) is 26.7 Å². The Bertz CT molecular complexity index is 358. The van der Waals surface area contributed by atoms with Crippen LogP contribution >= 0.6 is 0 Å². The van der Waals surface area contributed by atoms with Gasteiger partial charge in [0.1, 0.15) is 0 Å². The Labute approximate surface area is 86.1 Å². The number of H-pyrrole nitrogens is 1. The van der Waals surface area contributed by atoms with Crippen molar-refractivity contribution < 1.29 is 0 Å². The smallest absolute Gasteiger partial charge is 0.0537 e. The summed E-state index contributed by atoms with van der Waals surface area (Å²) in [4.78, 5) is 0. The fraction of sp³-hybridized carbons (Fsp3) is 0.583. The van der Waals surface area contributed by atoms with Gasteiger partial charge in [0.15, 0.2) is 0 Å². The molecule has 76 valence electrons. The van der Waals surface area contributed by atoms with Gasteiger partial charge >= 0.3 is 0 Å². The Morgan fingerprint density at radius 1 is 1.29 bits per heavy atom. The van der Waals surface area contributed by atoms with Gasteiger partial charge < -0.3 is 0 Å². The lowest BCUT2D eigenvalue weighted by molar-refractivity contribution is 0.544. The first-order valence-electron chi connectivity index (χ1n) is 4.81. The number of hydrogen-bond donors (Lipinski definition) is 1. The quantitative estimate of drug-likeness (QED) is 0.677. The van der Waals surface area contributed by atoms with Gasteiger partial charge in [0.05, 0.1) is 11.6 Å². The van der Waals surface area contributed by atoms with Crippen LogP contribution in [0.4, 0.5) is 0 Å². The van der Waals surface area contributed by atoms with Crippen LogP contribution in [-0.4, -0.2) is 10.2 Å². The predicted molar refractivity (Wildman–Crippen MR) is 59.1 cm³/mol. The average molecular weight is 190 g/mol. The topological polar surface area (TPSA) is 28.7 Å². The number of aromatic amines is 1. The summed E-state index contributed by atoms with van der Waals surface area (Å²) in [6.07, 6.45) is 7.35. The fourth-order valence-corrected chi connectivity index (χ4v) is 1.41. The van der Waals surface area contributed by atoms with E-state index in [2.05, 4.69) is 36.9 Å². The van der Waals surface area contributed by atoms with Gasteiger partial charge in [0, 0.05) is 16.7 Å². The highest BCUT2D eigenvalue weighted by Crippen LogP contribution is 2.31. The monoisotopic (exact) mass is 190 g/mol. The molecular weight excluding hydrogens is 172 g/mol. The first kappa shape index (κ1) is 10.8. The van der Waals surface area contributed by atoms with Crippen molar-refractivity contribution >= 4 is 0 Å². The fourth-order valence-electron chi connectivity index (χ4n) is 1.41. The van der Waals surface area contributed by atoms with Crippen LogP contribution in [0.3, 0.4) is 0 Å². The maximum atomic E-state index is 5.52. The molecule has 0 atom stereocenters. The largest absolute Gasteiger partial charge is 0.282 e. The summed E-state index contributed by atoms with van der Waals surface area (Å²) in [5, 5.41) is 7.12. The number of nitrogens with one attached hydrogen (secondary N) is 1. The van der Waals surface area contributed by atoms with Crippen LogP contribution < -0.4 is 0 Å². The van der Waals surface area contributed by atoms with E-state index in [1.165, 1.54) is 0 Å². The lowest BCUT2D eigenvalue weighted by Crippen LogP contribution is -2.22. The number of nitrogens with zero attached hydrogens (tertiary/aromatic N) is 1. The normalized spacial score (nSPS) is 12.6. The first-order chi connectivity index (χ1) is 6.29. The van der Waals surface area contributed by atoms with E-state index in [4.69, 9.17) is 6.42 Å². The molecule has 1 N–H and O–H groups in total. The third kappa shape index (κ3) is 1.82. The maximum Gasteiger partial charge on any atom is 0.0537 e. The van der Waals surface area contributed by atoms with E-state index in [9.17, 15) is 0 Å². The average Bonchev–Trinajstić information content (AvgIpc) is 2.51. The SMILES string of the molecule is C#CC(C)(C)c1cn[nH]c1C(C)(C)C. The third-order valence-corrected chi connectivity index (χ3v) is 2.42. The van der Waals surface area contributed by atoms with E-state index in [-0.39, 0.29) is 10.8 Å². The summed E-state index contributed by atoms with van der Waals surface area (Å²) in [6.45, 7) is 10.5. The molecular formula is C12H18N2. The van der Waals surface area contributed by atoms with Crippen molar-refractivity contribution in [3.8, 4) is 12.3 Å². The van der Waals surface area contributed by atoms with E-state index in [0.717, 1.165) is 11.3 Å². The summed E-state index contributed by atoms with van der Waals surface area (Å²) in [5.74, 6) is 2.80. The molecule has 0 aliphatic rings. The minimum Gasteiger partial charge on any atom is -0.282 e. The minimum atomic E-state index is -0.254. The van der Waals surface area contributed by atoms with Crippen LogP contribution in [-0.2, 0) is 10.8 Å². The van der Waals surface area contributed by atoms with Crippen molar-refractivity contribution in [2.45, 2.75) is 45.4 Å². The molecule has 2 heteroatoms. The van der Waals surface area contributed by atoms with Crippen LogP contribution in [0.25, 0.3) is 0 Å². The molecule has 0 bridgehead atoms. The number of rotatable bonds is 1. The number of terminal acetylenes is 1. The molecule has 2 nitrogen and oxygen atoms in total. The third-order valence-electron chi connectivity index (χ3n) is 2.42. The lowest BCUT2D eigenvalue weighted by atomic mass is 9.79. The van der Waals surface area contributed by atoms with Gasteiger partial charge in [0.2, 0.25) is 0 Å². The second-order valence-corrected chi connectivity index (χ2v) is 5.18. The van der Waals surface area contributed by atoms with Gasteiger partial charge in [-0.15, -0.1) is 6.42 Å². The van der Waals surface area contributed by atoms with Crippen molar-refractivity contribution in [1.82, 2.24) is 10.2 Å². The van der Waals surface area contributed by atoms with Crippen molar-refractivity contribution in [3.05, 3.63) is 17.5 Å². The van der Waals surface area contributed by atoms with Gasteiger partial charge in [-0.25, -0.2) is 0 Å². The zero-order chi connectivity index (χ0) is 11.0. The Morgan fingerprint density at radius 3 is 2.29 bits per heavy atom. The predicted octanol–water partition coefficient (Wildman–Crippen LogP) is 2.62. The molecule has 1 heterocycles. The Hall–Kier alpha value is -1.23. The van der Waals surface area contributed by atoms with Gasteiger partial charge in [0.25, 0.3) is 0 Å². The molecule has 0 spiro atoms. The molecule has 0 radical (unpaired) electrons. The molecule has 0 saturated heterocycles. The second-order valence-electron chi connectivity index (χ2n) is 5.18. The zero-order valence-electron chi connectivity index (χ0n) is 9.60.